The highest BCUT2D eigenvalue weighted by molar-refractivity contribution is 9.12. The maximum atomic E-state index is 3.70. The molecule has 1 aliphatic carbocycles. The number of hydrogen-bond acceptors (Lipinski definition) is 0. The molecule has 1 saturated carbocycles. The van der Waals surface area contributed by atoms with E-state index in [9.17, 15) is 0 Å². The Morgan fingerprint density at radius 3 is 0.833 bits per heavy atom. The van der Waals surface area contributed by atoms with E-state index in [1.165, 1.54) is 25.7 Å². The Kier molecular flexibility index (Phi) is 5.71. The van der Waals surface area contributed by atoms with Crippen molar-refractivity contribution in [3.05, 3.63) is 0 Å². The van der Waals surface area contributed by atoms with Gasteiger partial charge in [-0.1, -0.05) is 63.7 Å². The molecule has 4 atom stereocenters. The molecule has 0 aromatic rings. The van der Waals surface area contributed by atoms with Gasteiger partial charge in [0.15, 0.2) is 0 Å². The SMILES string of the molecule is Br[C@@H]1CC[C@H](Br)[C@@H](Br)CC[C@H]1Br. The van der Waals surface area contributed by atoms with Crippen LogP contribution in [0.1, 0.15) is 25.7 Å². The Morgan fingerprint density at radius 1 is 0.500 bits per heavy atom. The van der Waals surface area contributed by atoms with Crippen molar-refractivity contribution >= 4 is 63.7 Å². The van der Waals surface area contributed by atoms with Crippen LogP contribution in [0.3, 0.4) is 0 Å². The van der Waals surface area contributed by atoms with Crippen LogP contribution in [0.15, 0.2) is 0 Å². The first-order valence-electron chi connectivity index (χ1n) is 4.17. The first kappa shape index (κ1) is 12.0. The fourth-order valence-electron chi connectivity index (χ4n) is 1.36. The summed E-state index contributed by atoms with van der Waals surface area (Å²) in [5.74, 6) is 0. The predicted octanol–water partition coefficient (Wildman–Crippen LogP) is 4.61. The summed E-state index contributed by atoms with van der Waals surface area (Å²) >= 11 is 14.8. The molecule has 0 unspecified atom stereocenters. The summed E-state index contributed by atoms with van der Waals surface area (Å²) in [6.45, 7) is 0. The normalized spacial score (nSPS) is 45.0. The molecule has 0 spiro atoms. The van der Waals surface area contributed by atoms with Gasteiger partial charge in [-0.25, -0.2) is 0 Å². The van der Waals surface area contributed by atoms with Gasteiger partial charge in [0.25, 0.3) is 0 Å². The van der Waals surface area contributed by atoms with Crippen LogP contribution in [0.4, 0.5) is 0 Å². The summed E-state index contributed by atoms with van der Waals surface area (Å²) in [6.07, 6.45) is 4.98. The first-order chi connectivity index (χ1) is 5.61. The number of alkyl halides is 4. The number of halogens is 4. The van der Waals surface area contributed by atoms with Crippen molar-refractivity contribution in [3.8, 4) is 0 Å². The third-order valence-corrected chi connectivity index (χ3v) is 8.02. The third kappa shape index (κ3) is 3.58. The zero-order chi connectivity index (χ0) is 9.14. The smallest absolute Gasteiger partial charge is 0.0271 e. The Hall–Kier alpha value is 1.92. The lowest BCUT2D eigenvalue weighted by atomic mass is 10.0. The molecule has 0 aromatic heterocycles. The second kappa shape index (κ2) is 5.72. The van der Waals surface area contributed by atoms with E-state index < -0.39 is 0 Å². The zero-order valence-corrected chi connectivity index (χ0v) is 13.0. The van der Waals surface area contributed by atoms with E-state index in [0.717, 1.165) is 0 Å². The summed E-state index contributed by atoms with van der Waals surface area (Å²) in [5, 5.41) is 0. The quantitative estimate of drug-likeness (QED) is 0.495. The van der Waals surface area contributed by atoms with Gasteiger partial charge < -0.3 is 0 Å². The lowest BCUT2D eigenvalue weighted by molar-refractivity contribution is 0.557. The Bertz CT molecular complexity index is 107. The molecular weight excluding hydrogens is 416 g/mol. The van der Waals surface area contributed by atoms with Gasteiger partial charge in [0.1, 0.15) is 0 Å². The largest absolute Gasteiger partial charge is 0.0879 e. The van der Waals surface area contributed by atoms with Crippen molar-refractivity contribution in [3.63, 3.8) is 0 Å². The van der Waals surface area contributed by atoms with E-state index in [2.05, 4.69) is 63.7 Å². The summed E-state index contributed by atoms with van der Waals surface area (Å²) < 4.78 is 0. The van der Waals surface area contributed by atoms with E-state index in [1.54, 1.807) is 0 Å². The van der Waals surface area contributed by atoms with E-state index in [1.807, 2.05) is 0 Å². The molecule has 4 heteroatoms. The maximum Gasteiger partial charge on any atom is 0.0271 e. The second-order valence-corrected chi connectivity index (χ2v) is 7.92. The minimum atomic E-state index is 0.637. The van der Waals surface area contributed by atoms with Crippen LogP contribution in [0, 0.1) is 0 Å². The van der Waals surface area contributed by atoms with Crippen LogP contribution in [0.25, 0.3) is 0 Å². The summed E-state index contributed by atoms with van der Waals surface area (Å²) in [6, 6.07) is 0. The molecule has 0 saturated heterocycles. The Morgan fingerprint density at radius 2 is 0.667 bits per heavy atom. The minimum Gasteiger partial charge on any atom is -0.0879 e. The van der Waals surface area contributed by atoms with Crippen molar-refractivity contribution in [2.24, 2.45) is 0 Å². The van der Waals surface area contributed by atoms with Crippen LogP contribution >= 0.6 is 63.7 Å². The fraction of sp³-hybridized carbons (Fsp3) is 1.00. The molecule has 0 radical (unpaired) electrons. The highest BCUT2D eigenvalue weighted by Crippen LogP contribution is 2.33. The lowest BCUT2D eigenvalue weighted by Gasteiger charge is -2.25. The topological polar surface area (TPSA) is 0 Å². The molecule has 0 amide bonds. The van der Waals surface area contributed by atoms with E-state index in [-0.39, 0.29) is 0 Å². The molecular formula is C8H12Br4. The molecule has 0 aliphatic heterocycles. The zero-order valence-electron chi connectivity index (χ0n) is 6.65. The van der Waals surface area contributed by atoms with Gasteiger partial charge in [0, 0.05) is 19.3 Å². The second-order valence-electron chi connectivity index (χ2n) is 3.22. The Labute approximate surface area is 108 Å². The van der Waals surface area contributed by atoms with Gasteiger partial charge in [-0.2, -0.15) is 0 Å². The van der Waals surface area contributed by atoms with Gasteiger partial charge >= 0.3 is 0 Å². The molecule has 1 fully saturated rings. The van der Waals surface area contributed by atoms with Crippen LogP contribution in [-0.4, -0.2) is 19.3 Å². The molecule has 1 aliphatic rings. The third-order valence-electron chi connectivity index (χ3n) is 2.22. The van der Waals surface area contributed by atoms with Crippen molar-refractivity contribution in [1.82, 2.24) is 0 Å². The summed E-state index contributed by atoms with van der Waals surface area (Å²) in [4.78, 5) is 2.55. The van der Waals surface area contributed by atoms with Crippen LogP contribution in [-0.2, 0) is 0 Å². The average molecular weight is 428 g/mol. The molecule has 0 nitrogen and oxygen atoms in total. The van der Waals surface area contributed by atoms with Gasteiger partial charge in [-0.05, 0) is 25.7 Å². The highest BCUT2D eigenvalue weighted by atomic mass is 79.9. The molecule has 0 N–H and O–H groups in total. The van der Waals surface area contributed by atoms with Crippen molar-refractivity contribution in [1.29, 1.82) is 0 Å². The average Bonchev–Trinajstić information content (AvgIpc) is 2.07. The summed E-state index contributed by atoms with van der Waals surface area (Å²) in [5.41, 5.74) is 0. The van der Waals surface area contributed by atoms with Gasteiger partial charge in [-0.15, -0.1) is 0 Å². The van der Waals surface area contributed by atoms with E-state index in [4.69, 9.17) is 0 Å². The van der Waals surface area contributed by atoms with E-state index in [0.29, 0.717) is 19.3 Å². The van der Waals surface area contributed by atoms with E-state index >= 15 is 0 Å². The van der Waals surface area contributed by atoms with Gasteiger partial charge in [-0.3, -0.25) is 0 Å². The van der Waals surface area contributed by atoms with Crippen LogP contribution < -0.4 is 0 Å². The molecule has 0 aromatic carbocycles. The van der Waals surface area contributed by atoms with Crippen LogP contribution in [0.2, 0.25) is 0 Å². The minimum absolute atomic E-state index is 0.637. The standard InChI is InChI=1S/C8H12Br4/c9-5-1-2-6(10)8(12)4-3-7(5)11/h5-8H,1-4H2/t5-,6+,7-,8+. The molecule has 12 heavy (non-hydrogen) atoms. The Balaban J connectivity index is 2.45. The van der Waals surface area contributed by atoms with Crippen molar-refractivity contribution in [2.45, 2.75) is 45.0 Å². The molecule has 0 heterocycles. The summed E-state index contributed by atoms with van der Waals surface area (Å²) in [7, 11) is 0. The molecule has 1 rings (SSSR count). The van der Waals surface area contributed by atoms with Crippen molar-refractivity contribution < 1.29 is 0 Å². The monoisotopic (exact) mass is 424 g/mol. The van der Waals surface area contributed by atoms with Gasteiger partial charge in [0.05, 0.1) is 0 Å². The first-order valence-corrected chi connectivity index (χ1v) is 7.84. The highest BCUT2D eigenvalue weighted by Gasteiger charge is 2.25. The molecule has 72 valence electrons. The fourth-order valence-corrected chi connectivity index (χ4v) is 3.47. The maximum absolute atomic E-state index is 3.70. The van der Waals surface area contributed by atoms with Crippen molar-refractivity contribution in [2.75, 3.05) is 0 Å². The van der Waals surface area contributed by atoms with Crippen LogP contribution in [0.5, 0.6) is 0 Å². The number of hydrogen-bond donors (Lipinski definition) is 0. The number of rotatable bonds is 0. The van der Waals surface area contributed by atoms with Gasteiger partial charge in [0.2, 0.25) is 0 Å². The predicted molar refractivity (Wildman–Crippen MR) is 69.3 cm³/mol. The molecule has 0 bridgehead atoms. The lowest BCUT2D eigenvalue weighted by Crippen LogP contribution is -2.25.